The average molecular weight is 660 g/mol. The van der Waals surface area contributed by atoms with Crippen LogP contribution >= 0.6 is 0 Å². The van der Waals surface area contributed by atoms with Gasteiger partial charge in [-0.25, -0.2) is 13.8 Å². The second kappa shape index (κ2) is 14.5. The van der Waals surface area contributed by atoms with Crippen LogP contribution in [0.1, 0.15) is 50.2 Å². The second-order valence-electron chi connectivity index (χ2n) is 13.5. The molecule has 9 nitrogen and oxygen atoms in total. The summed E-state index contributed by atoms with van der Waals surface area (Å²) in [4.78, 5) is 38.8. The zero-order valence-corrected chi connectivity index (χ0v) is 27.1. The molecule has 0 bridgehead atoms. The van der Waals surface area contributed by atoms with Gasteiger partial charge >= 0.3 is 5.97 Å². The molecular formula is C37H43F2N5O4. The number of benzene rings is 2. The number of hydrogen-bond acceptors (Lipinski definition) is 8. The van der Waals surface area contributed by atoms with E-state index in [0.29, 0.717) is 57.0 Å². The van der Waals surface area contributed by atoms with Crippen molar-refractivity contribution in [3.8, 4) is 5.88 Å². The average Bonchev–Trinajstić information content (AvgIpc) is 3.49. The molecule has 4 heterocycles. The lowest BCUT2D eigenvalue weighted by atomic mass is 10.0. The summed E-state index contributed by atoms with van der Waals surface area (Å²) in [5, 5.41) is 3.31. The standard InChI is InChI=1S/C37H43F2N5O4/c38-28-4-8-30(9-5-28)43-19-15-26(22-43)36(45)41-33(24-42-17-1-2-18-42)35(25-3-14-34(40-21-25)47-32-12-13-32)48-37(46)27-16-20-44(23-27)31-10-6-29(39)7-11-31/h3-11,14,21,26-27,32-33,35H,1-2,12-13,15-20,22-24H2,(H,41,45)/t26?,27?,33-,35-/m1/s1. The van der Waals surface area contributed by atoms with Crippen LogP contribution in [-0.2, 0) is 14.3 Å². The van der Waals surface area contributed by atoms with Crippen LogP contribution in [0.25, 0.3) is 0 Å². The largest absolute Gasteiger partial charge is 0.474 e. The summed E-state index contributed by atoms with van der Waals surface area (Å²) in [5.41, 5.74) is 2.45. The van der Waals surface area contributed by atoms with E-state index in [9.17, 15) is 18.4 Å². The third-order valence-electron chi connectivity index (χ3n) is 9.95. The lowest BCUT2D eigenvalue weighted by molar-refractivity contribution is -0.156. The van der Waals surface area contributed by atoms with Gasteiger partial charge in [0.25, 0.3) is 0 Å². The fourth-order valence-electron chi connectivity index (χ4n) is 7.05. The van der Waals surface area contributed by atoms with Gasteiger partial charge in [-0.05, 0) is 106 Å². The molecule has 48 heavy (non-hydrogen) atoms. The van der Waals surface area contributed by atoms with Crippen LogP contribution in [0.15, 0.2) is 66.9 Å². The van der Waals surface area contributed by atoms with Crippen molar-refractivity contribution in [1.29, 1.82) is 0 Å². The van der Waals surface area contributed by atoms with E-state index in [1.165, 1.54) is 24.3 Å². The molecule has 1 aromatic heterocycles. The van der Waals surface area contributed by atoms with Crippen molar-refractivity contribution in [2.24, 2.45) is 11.8 Å². The number of hydrogen-bond donors (Lipinski definition) is 1. The molecule has 3 saturated heterocycles. The number of likely N-dealkylation sites (tertiary alicyclic amines) is 1. The minimum absolute atomic E-state index is 0.0881. The van der Waals surface area contributed by atoms with Gasteiger partial charge in [0, 0.05) is 61.9 Å². The maximum absolute atomic E-state index is 13.9. The molecule has 1 saturated carbocycles. The van der Waals surface area contributed by atoms with E-state index in [-0.39, 0.29) is 41.5 Å². The van der Waals surface area contributed by atoms with Gasteiger partial charge in [-0.3, -0.25) is 9.59 Å². The zero-order chi connectivity index (χ0) is 33.0. The van der Waals surface area contributed by atoms with Crippen molar-refractivity contribution in [2.75, 3.05) is 55.6 Å². The Kier molecular flexibility index (Phi) is 9.74. The molecule has 3 aromatic rings. The highest BCUT2D eigenvalue weighted by Gasteiger charge is 2.38. The van der Waals surface area contributed by atoms with Crippen LogP contribution in [-0.4, -0.2) is 79.7 Å². The third kappa shape index (κ3) is 7.89. The molecule has 0 spiro atoms. The highest BCUT2D eigenvalue weighted by molar-refractivity contribution is 5.81. The summed E-state index contributed by atoms with van der Waals surface area (Å²) in [7, 11) is 0. The summed E-state index contributed by atoms with van der Waals surface area (Å²) in [6.07, 6.45) is 6.61. The zero-order valence-electron chi connectivity index (χ0n) is 27.1. The van der Waals surface area contributed by atoms with Crippen LogP contribution in [0.4, 0.5) is 20.2 Å². The highest BCUT2D eigenvalue weighted by Crippen LogP contribution is 2.32. The van der Waals surface area contributed by atoms with Crippen molar-refractivity contribution in [2.45, 2.75) is 56.8 Å². The SMILES string of the molecule is O=C(N[C@H](CN1CCCC1)[C@H](OC(=O)C1CCN(c2ccc(F)cc2)C1)c1ccc(OC2CC2)nc1)C1CCN(c2ccc(F)cc2)C1. The maximum Gasteiger partial charge on any atom is 0.311 e. The number of pyridine rings is 1. The number of carbonyl (C=O) groups is 2. The number of amides is 1. The van der Waals surface area contributed by atoms with Crippen molar-refractivity contribution in [1.82, 2.24) is 15.2 Å². The number of aromatic nitrogens is 1. The summed E-state index contributed by atoms with van der Waals surface area (Å²) in [6, 6.07) is 15.9. The molecule has 7 rings (SSSR count). The number of halogens is 2. The van der Waals surface area contributed by atoms with Crippen molar-refractivity contribution in [3.05, 3.63) is 84.1 Å². The molecule has 254 valence electrons. The topological polar surface area (TPSA) is 87.2 Å². The molecule has 3 aliphatic heterocycles. The predicted molar refractivity (Wildman–Crippen MR) is 178 cm³/mol. The van der Waals surface area contributed by atoms with Crippen LogP contribution in [0.2, 0.25) is 0 Å². The van der Waals surface area contributed by atoms with E-state index in [1.54, 1.807) is 30.5 Å². The molecule has 4 aliphatic rings. The summed E-state index contributed by atoms with van der Waals surface area (Å²) < 4.78 is 39.4. The monoisotopic (exact) mass is 659 g/mol. The van der Waals surface area contributed by atoms with Gasteiger partial charge in [0.15, 0.2) is 0 Å². The van der Waals surface area contributed by atoms with E-state index < -0.39 is 12.1 Å². The van der Waals surface area contributed by atoms with E-state index >= 15 is 0 Å². The minimum Gasteiger partial charge on any atom is -0.474 e. The Labute approximate surface area is 280 Å². The van der Waals surface area contributed by atoms with E-state index in [4.69, 9.17) is 9.47 Å². The Morgan fingerprint density at radius 3 is 1.98 bits per heavy atom. The van der Waals surface area contributed by atoms with E-state index in [0.717, 1.165) is 50.1 Å². The van der Waals surface area contributed by atoms with Gasteiger partial charge < -0.3 is 29.5 Å². The number of ether oxygens (including phenoxy) is 2. The third-order valence-corrected chi connectivity index (χ3v) is 9.95. The Hall–Kier alpha value is -4.25. The first-order valence-corrected chi connectivity index (χ1v) is 17.2. The molecule has 1 amide bonds. The fourth-order valence-corrected chi connectivity index (χ4v) is 7.05. The molecule has 1 N–H and O–H groups in total. The van der Waals surface area contributed by atoms with Crippen LogP contribution < -0.4 is 19.9 Å². The number of carbonyl (C=O) groups excluding carboxylic acids is 2. The first kappa shape index (κ1) is 32.3. The van der Waals surface area contributed by atoms with Crippen molar-refractivity contribution >= 4 is 23.3 Å². The van der Waals surface area contributed by atoms with Gasteiger partial charge in [0.2, 0.25) is 11.8 Å². The first-order valence-electron chi connectivity index (χ1n) is 17.2. The molecule has 0 radical (unpaired) electrons. The summed E-state index contributed by atoms with van der Waals surface area (Å²) in [6.45, 7) is 4.70. The van der Waals surface area contributed by atoms with E-state index in [2.05, 4.69) is 25.0 Å². The molecule has 4 atom stereocenters. The smallest absolute Gasteiger partial charge is 0.311 e. The number of nitrogens with zero attached hydrogens (tertiary/aromatic N) is 4. The predicted octanol–water partition coefficient (Wildman–Crippen LogP) is 5.12. The quantitative estimate of drug-likeness (QED) is 0.269. The Morgan fingerprint density at radius 2 is 1.40 bits per heavy atom. The van der Waals surface area contributed by atoms with Crippen molar-refractivity contribution in [3.63, 3.8) is 0 Å². The van der Waals surface area contributed by atoms with Gasteiger partial charge in [-0.1, -0.05) is 0 Å². The molecule has 11 heteroatoms. The second-order valence-corrected chi connectivity index (χ2v) is 13.5. The van der Waals surface area contributed by atoms with Gasteiger partial charge in [0.05, 0.1) is 17.9 Å². The van der Waals surface area contributed by atoms with Crippen molar-refractivity contribution < 1.29 is 27.8 Å². The fraction of sp³-hybridized carbons (Fsp3) is 0.486. The maximum atomic E-state index is 13.9. The van der Waals surface area contributed by atoms with Crippen LogP contribution in [0.5, 0.6) is 5.88 Å². The Bertz CT molecular complexity index is 1550. The summed E-state index contributed by atoms with van der Waals surface area (Å²) >= 11 is 0. The molecule has 4 fully saturated rings. The number of anilines is 2. The van der Waals surface area contributed by atoms with Gasteiger partial charge in [0.1, 0.15) is 23.8 Å². The van der Waals surface area contributed by atoms with Gasteiger partial charge in [-0.15, -0.1) is 0 Å². The van der Waals surface area contributed by atoms with Gasteiger partial charge in [-0.2, -0.15) is 0 Å². The lowest BCUT2D eigenvalue weighted by Crippen LogP contribution is -2.50. The number of nitrogens with one attached hydrogen (secondary N) is 1. The molecule has 1 aliphatic carbocycles. The molecule has 2 aromatic carbocycles. The Balaban J connectivity index is 1.10. The normalized spacial score (nSPS) is 22.5. The minimum atomic E-state index is -0.765. The summed E-state index contributed by atoms with van der Waals surface area (Å²) in [5.74, 6) is -1.11. The lowest BCUT2D eigenvalue weighted by Gasteiger charge is -2.32. The highest BCUT2D eigenvalue weighted by atomic mass is 19.1. The molecule has 2 unspecified atom stereocenters. The number of esters is 1. The molecular weight excluding hydrogens is 616 g/mol. The Morgan fingerprint density at radius 1 is 0.792 bits per heavy atom. The van der Waals surface area contributed by atoms with Crippen LogP contribution in [0, 0.1) is 23.5 Å². The van der Waals surface area contributed by atoms with Crippen LogP contribution in [0.3, 0.4) is 0 Å². The van der Waals surface area contributed by atoms with E-state index in [1.807, 2.05) is 12.1 Å². The number of rotatable bonds is 12. The first-order chi connectivity index (χ1) is 23.4.